The zero-order chi connectivity index (χ0) is 20.4. The van der Waals surface area contributed by atoms with Crippen LogP contribution < -0.4 is 14.2 Å². The molecule has 0 fully saturated rings. The van der Waals surface area contributed by atoms with Crippen molar-refractivity contribution in [2.24, 2.45) is 0 Å². The predicted octanol–water partition coefficient (Wildman–Crippen LogP) is 3.61. The Labute approximate surface area is 160 Å². The van der Waals surface area contributed by atoms with Crippen LogP contribution >= 0.6 is 0 Å². The molecule has 0 aromatic heterocycles. The van der Waals surface area contributed by atoms with Gasteiger partial charge >= 0.3 is 5.97 Å². The average molecular weight is 391 g/mol. The Balaban J connectivity index is 2.43. The number of carbonyl (C=O) groups is 1. The van der Waals surface area contributed by atoms with Gasteiger partial charge in [0.15, 0.2) is 0 Å². The van der Waals surface area contributed by atoms with Crippen LogP contribution in [0.1, 0.15) is 42.3 Å². The SMILES string of the molecule is COc1ccc(C(=O)Oc2c(C)cccc2C)cc1S(=O)(=O)NC(C)(C)C. The number of sulfonamides is 1. The van der Waals surface area contributed by atoms with E-state index in [2.05, 4.69) is 4.72 Å². The van der Waals surface area contributed by atoms with Crippen molar-refractivity contribution in [1.29, 1.82) is 0 Å². The molecule has 0 aliphatic heterocycles. The molecule has 0 saturated carbocycles. The second kappa shape index (κ2) is 7.70. The molecule has 0 unspecified atom stereocenters. The van der Waals surface area contributed by atoms with Gasteiger partial charge in [0.1, 0.15) is 16.4 Å². The van der Waals surface area contributed by atoms with E-state index < -0.39 is 21.5 Å². The standard InChI is InChI=1S/C20H25NO5S/c1-13-8-7-9-14(2)18(13)26-19(22)15-10-11-16(25-6)17(12-15)27(23,24)21-20(3,4)5/h7-12,21H,1-6H3. The van der Waals surface area contributed by atoms with Gasteiger partial charge in [0.2, 0.25) is 10.0 Å². The molecule has 0 spiro atoms. The number of carbonyl (C=O) groups excluding carboxylic acids is 1. The van der Waals surface area contributed by atoms with Crippen LogP contribution in [-0.4, -0.2) is 27.0 Å². The molecule has 0 atom stereocenters. The van der Waals surface area contributed by atoms with Gasteiger partial charge in [0, 0.05) is 5.54 Å². The molecular weight excluding hydrogens is 366 g/mol. The molecule has 0 saturated heterocycles. The molecule has 6 nitrogen and oxygen atoms in total. The van der Waals surface area contributed by atoms with E-state index in [0.717, 1.165) is 11.1 Å². The van der Waals surface area contributed by atoms with E-state index in [9.17, 15) is 13.2 Å². The Kier molecular flexibility index (Phi) is 5.97. The minimum absolute atomic E-state index is 0.115. The monoisotopic (exact) mass is 391 g/mol. The lowest BCUT2D eigenvalue weighted by Gasteiger charge is -2.21. The molecule has 0 heterocycles. The highest BCUT2D eigenvalue weighted by molar-refractivity contribution is 7.89. The van der Waals surface area contributed by atoms with Crippen LogP contribution in [0.5, 0.6) is 11.5 Å². The highest BCUT2D eigenvalue weighted by atomic mass is 32.2. The quantitative estimate of drug-likeness (QED) is 0.622. The van der Waals surface area contributed by atoms with Crippen LogP contribution in [0.25, 0.3) is 0 Å². The normalized spacial score (nSPS) is 11.9. The van der Waals surface area contributed by atoms with E-state index in [4.69, 9.17) is 9.47 Å². The van der Waals surface area contributed by atoms with E-state index in [-0.39, 0.29) is 16.2 Å². The number of para-hydroxylation sites is 1. The fourth-order valence-electron chi connectivity index (χ4n) is 2.58. The maximum absolute atomic E-state index is 12.7. The molecule has 0 radical (unpaired) electrons. The summed E-state index contributed by atoms with van der Waals surface area (Å²) < 4.78 is 38.7. The highest BCUT2D eigenvalue weighted by Crippen LogP contribution is 2.28. The molecule has 0 bridgehead atoms. The predicted molar refractivity (Wildman–Crippen MR) is 104 cm³/mol. The van der Waals surface area contributed by atoms with Crippen molar-refractivity contribution in [2.45, 2.75) is 45.1 Å². The second-order valence-corrected chi connectivity index (χ2v) is 8.98. The summed E-state index contributed by atoms with van der Waals surface area (Å²) in [5.41, 5.74) is 1.07. The summed E-state index contributed by atoms with van der Waals surface area (Å²) in [6, 6.07) is 9.74. The number of aryl methyl sites for hydroxylation is 2. The van der Waals surface area contributed by atoms with Crippen LogP contribution in [0.4, 0.5) is 0 Å². The maximum Gasteiger partial charge on any atom is 0.343 e. The van der Waals surface area contributed by atoms with E-state index >= 15 is 0 Å². The Morgan fingerprint density at radius 1 is 1.04 bits per heavy atom. The third kappa shape index (κ3) is 5.08. The molecular formula is C20H25NO5S. The number of ether oxygens (including phenoxy) is 2. The Hall–Kier alpha value is -2.38. The van der Waals surface area contributed by atoms with Gasteiger partial charge < -0.3 is 9.47 Å². The van der Waals surface area contributed by atoms with Gasteiger partial charge in [-0.1, -0.05) is 18.2 Å². The van der Waals surface area contributed by atoms with Crippen LogP contribution in [0.2, 0.25) is 0 Å². The molecule has 146 valence electrons. The summed E-state index contributed by atoms with van der Waals surface area (Å²) in [6.45, 7) is 8.88. The highest BCUT2D eigenvalue weighted by Gasteiger charge is 2.27. The third-order valence-electron chi connectivity index (χ3n) is 3.73. The maximum atomic E-state index is 12.7. The van der Waals surface area contributed by atoms with Gasteiger partial charge in [-0.05, 0) is 63.9 Å². The third-order valence-corrected chi connectivity index (χ3v) is 5.51. The van der Waals surface area contributed by atoms with Gasteiger partial charge in [-0.2, -0.15) is 0 Å². The van der Waals surface area contributed by atoms with Crippen LogP contribution in [0.3, 0.4) is 0 Å². The van der Waals surface area contributed by atoms with Crippen molar-refractivity contribution in [3.05, 3.63) is 53.1 Å². The summed E-state index contributed by atoms with van der Waals surface area (Å²) in [5, 5.41) is 0. The molecule has 2 aromatic carbocycles. The zero-order valence-corrected chi connectivity index (χ0v) is 17.2. The lowest BCUT2D eigenvalue weighted by atomic mass is 10.1. The summed E-state index contributed by atoms with van der Waals surface area (Å²) in [5.74, 6) is -0.0202. The van der Waals surface area contributed by atoms with E-state index in [1.165, 1.54) is 25.3 Å². The molecule has 0 amide bonds. The summed E-state index contributed by atoms with van der Waals surface area (Å²) >= 11 is 0. The lowest BCUT2D eigenvalue weighted by molar-refractivity contribution is 0.0732. The van der Waals surface area contributed by atoms with Gasteiger partial charge in [-0.25, -0.2) is 17.9 Å². The minimum atomic E-state index is -3.89. The summed E-state index contributed by atoms with van der Waals surface area (Å²) in [4.78, 5) is 12.5. The largest absolute Gasteiger partial charge is 0.495 e. The van der Waals surface area contributed by atoms with E-state index in [1.54, 1.807) is 20.8 Å². The first-order valence-electron chi connectivity index (χ1n) is 8.45. The number of benzene rings is 2. The Morgan fingerprint density at radius 3 is 2.15 bits per heavy atom. The fourth-order valence-corrected chi connectivity index (χ4v) is 4.20. The van der Waals surface area contributed by atoms with Crippen molar-refractivity contribution in [3.8, 4) is 11.5 Å². The molecule has 0 aliphatic carbocycles. The van der Waals surface area contributed by atoms with Gasteiger partial charge in [-0.15, -0.1) is 0 Å². The first kappa shape index (κ1) is 20.9. The number of rotatable bonds is 5. The molecule has 2 aromatic rings. The van der Waals surface area contributed by atoms with Crippen LogP contribution in [-0.2, 0) is 10.0 Å². The minimum Gasteiger partial charge on any atom is -0.495 e. The summed E-state index contributed by atoms with van der Waals surface area (Å²) in [7, 11) is -2.51. The molecule has 0 aliphatic rings. The molecule has 2 rings (SSSR count). The number of hydrogen-bond acceptors (Lipinski definition) is 5. The average Bonchev–Trinajstić information content (AvgIpc) is 2.55. The van der Waals surface area contributed by atoms with E-state index in [0.29, 0.717) is 5.75 Å². The van der Waals surface area contributed by atoms with Crippen LogP contribution in [0.15, 0.2) is 41.3 Å². The number of esters is 1. The molecule has 27 heavy (non-hydrogen) atoms. The lowest BCUT2D eigenvalue weighted by Crippen LogP contribution is -2.40. The van der Waals surface area contributed by atoms with Gasteiger partial charge in [0.05, 0.1) is 12.7 Å². The van der Waals surface area contributed by atoms with Crippen molar-refractivity contribution >= 4 is 16.0 Å². The van der Waals surface area contributed by atoms with Crippen molar-refractivity contribution in [1.82, 2.24) is 4.72 Å². The zero-order valence-electron chi connectivity index (χ0n) is 16.4. The number of methoxy groups -OCH3 is 1. The van der Waals surface area contributed by atoms with E-state index in [1.807, 2.05) is 32.0 Å². The summed E-state index contributed by atoms with van der Waals surface area (Å²) in [6.07, 6.45) is 0. The first-order chi connectivity index (χ1) is 12.4. The Morgan fingerprint density at radius 2 is 1.63 bits per heavy atom. The van der Waals surface area contributed by atoms with Crippen LogP contribution in [0, 0.1) is 13.8 Å². The molecule has 7 heteroatoms. The van der Waals surface area contributed by atoms with Crippen molar-refractivity contribution < 1.29 is 22.7 Å². The number of nitrogens with one attached hydrogen (secondary N) is 1. The number of hydrogen-bond donors (Lipinski definition) is 1. The van der Waals surface area contributed by atoms with Gasteiger partial charge in [-0.3, -0.25) is 0 Å². The fraction of sp³-hybridized carbons (Fsp3) is 0.350. The van der Waals surface area contributed by atoms with Crippen molar-refractivity contribution in [3.63, 3.8) is 0 Å². The van der Waals surface area contributed by atoms with Gasteiger partial charge in [0.25, 0.3) is 0 Å². The first-order valence-corrected chi connectivity index (χ1v) is 9.93. The van der Waals surface area contributed by atoms with Crippen molar-refractivity contribution in [2.75, 3.05) is 7.11 Å². The second-order valence-electron chi connectivity index (χ2n) is 7.33. The topological polar surface area (TPSA) is 81.7 Å². The Bertz CT molecular complexity index is 939. The smallest absolute Gasteiger partial charge is 0.343 e. The molecule has 1 N–H and O–H groups in total.